The van der Waals surface area contributed by atoms with Crippen molar-refractivity contribution in [1.29, 1.82) is 0 Å². The molecule has 26 heavy (non-hydrogen) atoms. The van der Waals surface area contributed by atoms with Crippen molar-refractivity contribution in [3.8, 4) is 11.3 Å². The predicted molar refractivity (Wildman–Crippen MR) is 101 cm³/mol. The molecule has 0 aliphatic heterocycles. The van der Waals surface area contributed by atoms with Crippen molar-refractivity contribution >= 4 is 11.6 Å². The molecule has 0 unspecified atom stereocenters. The maximum Gasteiger partial charge on any atom is 0.273 e. The second kappa shape index (κ2) is 8.29. The summed E-state index contributed by atoms with van der Waals surface area (Å²) in [6.45, 7) is 0.587. The van der Waals surface area contributed by atoms with E-state index in [1.807, 2.05) is 26.2 Å². The van der Waals surface area contributed by atoms with E-state index in [4.69, 9.17) is 4.52 Å². The number of pyridine rings is 1. The highest BCUT2D eigenvalue weighted by atomic mass is 16.5. The first-order valence-corrected chi connectivity index (χ1v) is 8.55. The summed E-state index contributed by atoms with van der Waals surface area (Å²) in [6.07, 6.45) is 5.12. The monoisotopic (exact) mass is 350 g/mol. The number of rotatable bonds is 7. The van der Waals surface area contributed by atoms with Gasteiger partial charge in [-0.1, -0.05) is 17.3 Å². The minimum absolute atomic E-state index is 0.230. The number of carbonyl (C=O) groups excluding carboxylic acids is 1. The molecule has 0 atom stereocenters. The van der Waals surface area contributed by atoms with Gasteiger partial charge in [0.25, 0.3) is 5.91 Å². The van der Waals surface area contributed by atoms with Gasteiger partial charge in [-0.3, -0.25) is 9.78 Å². The lowest BCUT2D eigenvalue weighted by atomic mass is 10.1. The first-order valence-electron chi connectivity index (χ1n) is 8.55. The van der Waals surface area contributed by atoms with Crippen LogP contribution in [0.2, 0.25) is 0 Å². The van der Waals surface area contributed by atoms with Gasteiger partial charge in [0.05, 0.1) is 0 Å². The SMILES string of the molecule is CN(C)c1ccc(CCCNC(=O)c2cc(-c3cccnc3)on2)cc1. The van der Waals surface area contributed by atoms with E-state index in [0.717, 1.165) is 18.4 Å². The zero-order valence-electron chi connectivity index (χ0n) is 15.0. The van der Waals surface area contributed by atoms with Crippen molar-refractivity contribution in [2.45, 2.75) is 12.8 Å². The lowest BCUT2D eigenvalue weighted by molar-refractivity contribution is 0.0944. The minimum atomic E-state index is -0.230. The maximum absolute atomic E-state index is 12.2. The third-order valence-electron chi connectivity index (χ3n) is 4.07. The molecule has 0 spiro atoms. The average Bonchev–Trinajstić information content (AvgIpc) is 3.16. The van der Waals surface area contributed by atoms with Crippen LogP contribution in [0.25, 0.3) is 11.3 Å². The Morgan fingerprint density at radius 3 is 2.69 bits per heavy atom. The first-order chi connectivity index (χ1) is 12.6. The first kappa shape index (κ1) is 17.7. The molecule has 3 rings (SSSR count). The Morgan fingerprint density at radius 2 is 2.00 bits per heavy atom. The number of carbonyl (C=O) groups is 1. The second-order valence-corrected chi connectivity index (χ2v) is 6.24. The van der Waals surface area contributed by atoms with Crippen molar-refractivity contribution in [3.63, 3.8) is 0 Å². The van der Waals surface area contributed by atoms with E-state index in [0.29, 0.717) is 12.3 Å². The normalized spacial score (nSPS) is 10.5. The molecular weight excluding hydrogens is 328 g/mol. The van der Waals surface area contributed by atoms with E-state index in [-0.39, 0.29) is 11.6 Å². The summed E-state index contributed by atoms with van der Waals surface area (Å²) in [6, 6.07) is 13.7. The third-order valence-corrected chi connectivity index (χ3v) is 4.07. The van der Waals surface area contributed by atoms with E-state index in [9.17, 15) is 4.79 Å². The fraction of sp³-hybridized carbons (Fsp3) is 0.250. The van der Waals surface area contributed by atoms with E-state index in [1.165, 1.54) is 11.3 Å². The molecule has 134 valence electrons. The fourth-order valence-corrected chi connectivity index (χ4v) is 2.57. The van der Waals surface area contributed by atoms with E-state index >= 15 is 0 Å². The van der Waals surface area contributed by atoms with Crippen LogP contribution < -0.4 is 10.2 Å². The summed E-state index contributed by atoms with van der Waals surface area (Å²) in [4.78, 5) is 18.3. The molecule has 1 N–H and O–H groups in total. The molecule has 0 bridgehead atoms. The highest BCUT2D eigenvalue weighted by Gasteiger charge is 2.13. The van der Waals surface area contributed by atoms with Crippen molar-refractivity contribution in [2.24, 2.45) is 0 Å². The highest BCUT2D eigenvalue weighted by molar-refractivity contribution is 5.93. The van der Waals surface area contributed by atoms with Crippen molar-refractivity contribution < 1.29 is 9.32 Å². The number of hydrogen-bond donors (Lipinski definition) is 1. The van der Waals surface area contributed by atoms with E-state index in [1.54, 1.807) is 18.5 Å². The number of benzene rings is 1. The molecule has 6 nitrogen and oxygen atoms in total. The summed E-state index contributed by atoms with van der Waals surface area (Å²) >= 11 is 0. The number of nitrogens with one attached hydrogen (secondary N) is 1. The lowest BCUT2D eigenvalue weighted by Crippen LogP contribution is -2.25. The Labute approximate surface area is 152 Å². The molecule has 1 aromatic carbocycles. The number of nitrogens with zero attached hydrogens (tertiary/aromatic N) is 3. The average molecular weight is 350 g/mol. The van der Waals surface area contributed by atoms with Crippen molar-refractivity contribution in [1.82, 2.24) is 15.5 Å². The van der Waals surface area contributed by atoms with Gasteiger partial charge < -0.3 is 14.7 Å². The molecule has 0 saturated carbocycles. The predicted octanol–water partition coefficient (Wildman–Crippen LogP) is 3.17. The standard InChI is InChI=1S/C20H22N4O2/c1-24(2)17-9-7-15(8-10-17)5-3-12-22-20(25)18-13-19(26-23-18)16-6-4-11-21-14-16/h4,6-11,13-14H,3,5,12H2,1-2H3,(H,22,25). The van der Waals surface area contributed by atoms with Crippen LogP contribution in [0.3, 0.4) is 0 Å². The Kier molecular flexibility index (Phi) is 5.63. The Bertz CT molecular complexity index is 842. The summed E-state index contributed by atoms with van der Waals surface area (Å²) in [5.74, 6) is 0.302. The molecular formula is C20H22N4O2. The van der Waals surface area contributed by atoms with Gasteiger partial charge in [0.1, 0.15) is 0 Å². The molecule has 2 heterocycles. The third kappa shape index (κ3) is 4.47. The topological polar surface area (TPSA) is 71.3 Å². The van der Waals surface area contributed by atoms with Gasteiger partial charge in [-0.2, -0.15) is 0 Å². The number of amides is 1. The molecule has 6 heteroatoms. The summed E-state index contributed by atoms with van der Waals surface area (Å²) in [7, 11) is 4.04. The number of aryl methyl sites for hydroxylation is 1. The van der Waals surface area contributed by atoms with Gasteiger partial charge in [-0.05, 0) is 42.7 Å². The summed E-state index contributed by atoms with van der Waals surface area (Å²) in [5, 5.41) is 6.71. The van der Waals surface area contributed by atoms with Crippen LogP contribution in [0.5, 0.6) is 0 Å². The van der Waals surface area contributed by atoms with Crippen LogP contribution in [0, 0.1) is 0 Å². The molecule has 0 radical (unpaired) electrons. The van der Waals surface area contributed by atoms with E-state index < -0.39 is 0 Å². The molecule has 2 aromatic heterocycles. The molecule has 0 aliphatic carbocycles. The van der Waals surface area contributed by atoms with Crippen LogP contribution in [0.1, 0.15) is 22.5 Å². The maximum atomic E-state index is 12.2. The zero-order chi connectivity index (χ0) is 18.4. The number of hydrogen-bond acceptors (Lipinski definition) is 5. The van der Waals surface area contributed by atoms with Gasteiger partial charge in [-0.25, -0.2) is 0 Å². The second-order valence-electron chi connectivity index (χ2n) is 6.24. The summed E-state index contributed by atoms with van der Waals surface area (Å²) in [5.41, 5.74) is 3.50. The number of anilines is 1. The highest BCUT2D eigenvalue weighted by Crippen LogP contribution is 2.18. The molecule has 1 amide bonds. The molecule has 0 saturated heterocycles. The van der Waals surface area contributed by atoms with Crippen LogP contribution in [0.15, 0.2) is 59.4 Å². The molecule has 0 fully saturated rings. The van der Waals surface area contributed by atoms with Crippen LogP contribution in [-0.4, -0.2) is 36.7 Å². The van der Waals surface area contributed by atoms with Crippen molar-refractivity contribution in [3.05, 3.63) is 66.1 Å². The van der Waals surface area contributed by atoms with E-state index in [2.05, 4.69) is 44.6 Å². The van der Waals surface area contributed by atoms with Crippen LogP contribution in [0.4, 0.5) is 5.69 Å². The Morgan fingerprint density at radius 1 is 1.19 bits per heavy atom. The smallest absolute Gasteiger partial charge is 0.273 e. The van der Waals surface area contributed by atoms with Gasteiger partial charge in [0.15, 0.2) is 11.5 Å². The molecule has 0 aliphatic rings. The summed E-state index contributed by atoms with van der Waals surface area (Å²) < 4.78 is 5.22. The van der Waals surface area contributed by atoms with Gasteiger partial charge in [0, 0.05) is 50.4 Å². The van der Waals surface area contributed by atoms with Gasteiger partial charge in [0.2, 0.25) is 0 Å². The van der Waals surface area contributed by atoms with Crippen molar-refractivity contribution in [2.75, 3.05) is 25.5 Å². The minimum Gasteiger partial charge on any atom is -0.378 e. The number of aromatic nitrogens is 2. The Balaban J connectivity index is 1.46. The zero-order valence-corrected chi connectivity index (χ0v) is 15.0. The van der Waals surface area contributed by atoms with Gasteiger partial charge >= 0.3 is 0 Å². The van der Waals surface area contributed by atoms with Crippen LogP contribution >= 0.6 is 0 Å². The fourth-order valence-electron chi connectivity index (χ4n) is 2.57. The lowest BCUT2D eigenvalue weighted by Gasteiger charge is -2.12. The largest absolute Gasteiger partial charge is 0.378 e. The quantitative estimate of drug-likeness (QED) is 0.663. The van der Waals surface area contributed by atoms with Gasteiger partial charge in [-0.15, -0.1) is 0 Å². The molecule has 3 aromatic rings. The van der Waals surface area contributed by atoms with Crippen LogP contribution in [-0.2, 0) is 6.42 Å². The Hall–Kier alpha value is -3.15.